The van der Waals surface area contributed by atoms with Gasteiger partial charge in [-0.25, -0.2) is 0 Å². The van der Waals surface area contributed by atoms with Crippen LogP contribution in [0.15, 0.2) is 61.3 Å². The van der Waals surface area contributed by atoms with Crippen LogP contribution in [0.25, 0.3) is 22.4 Å². The molecule has 0 aliphatic carbocycles. The normalized spacial score (nSPS) is 10.0. The van der Waals surface area contributed by atoms with Crippen LogP contribution in [0.3, 0.4) is 0 Å². The van der Waals surface area contributed by atoms with E-state index in [1.54, 1.807) is 31.0 Å². The predicted octanol–water partition coefficient (Wildman–Crippen LogP) is 3.27. The molecule has 0 radical (unpaired) electrons. The van der Waals surface area contributed by atoms with Crippen LogP contribution in [0, 0.1) is 11.3 Å². The molecule has 0 unspecified atom stereocenters. The summed E-state index contributed by atoms with van der Waals surface area (Å²) in [6, 6.07) is 11.9. The van der Waals surface area contributed by atoms with Crippen molar-refractivity contribution in [3.63, 3.8) is 0 Å². The van der Waals surface area contributed by atoms with Gasteiger partial charge in [0.1, 0.15) is 0 Å². The van der Waals surface area contributed by atoms with Gasteiger partial charge in [-0.3, -0.25) is 15.0 Å². The first-order valence-corrected chi connectivity index (χ1v) is 6.55. The summed E-state index contributed by atoms with van der Waals surface area (Å²) in [7, 11) is 0. The fourth-order valence-corrected chi connectivity index (χ4v) is 2.17. The van der Waals surface area contributed by atoms with Crippen molar-refractivity contribution in [2.45, 2.75) is 6.42 Å². The maximum Gasteiger partial charge on any atom is 0.0796 e. The number of hydrogen-bond donors (Lipinski definition) is 0. The molecule has 0 saturated heterocycles. The van der Waals surface area contributed by atoms with E-state index in [0.717, 1.165) is 27.9 Å². The lowest BCUT2D eigenvalue weighted by Gasteiger charge is -2.10. The Bertz CT molecular complexity index is 777. The Kier molecular flexibility index (Phi) is 3.66. The highest BCUT2D eigenvalue weighted by Crippen LogP contribution is 2.30. The highest BCUT2D eigenvalue weighted by atomic mass is 14.7. The van der Waals surface area contributed by atoms with Gasteiger partial charge >= 0.3 is 0 Å². The van der Waals surface area contributed by atoms with Gasteiger partial charge in [-0.05, 0) is 29.8 Å². The quantitative estimate of drug-likeness (QED) is 0.734. The Morgan fingerprint density at radius 2 is 1.67 bits per heavy atom. The summed E-state index contributed by atoms with van der Waals surface area (Å²) < 4.78 is 0. The van der Waals surface area contributed by atoms with E-state index in [9.17, 15) is 0 Å². The molecule has 0 aromatic carbocycles. The summed E-state index contributed by atoms with van der Waals surface area (Å²) >= 11 is 0. The fourth-order valence-electron chi connectivity index (χ4n) is 2.17. The monoisotopic (exact) mass is 272 g/mol. The first kappa shape index (κ1) is 12.9. The summed E-state index contributed by atoms with van der Waals surface area (Å²) in [6.07, 6.45) is 9.13. The van der Waals surface area contributed by atoms with Gasteiger partial charge in [-0.1, -0.05) is 6.07 Å². The van der Waals surface area contributed by atoms with Crippen LogP contribution >= 0.6 is 0 Å². The van der Waals surface area contributed by atoms with Crippen LogP contribution in [-0.2, 0) is 6.42 Å². The molecule has 0 atom stereocenters. The molecule has 4 nitrogen and oxygen atoms in total. The molecule has 0 bridgehead atoms. The molecule has 3 heterocycles. The van der Waals surface area contributed by atoms with Crippen molar-refractivity contribution in [1.29, 1.82) is 5.26 Å². The maximum atomic E-state index is 8.87. The average molecular weight is 272 g/mol. The largest absolute Gasteiger partial charge is 0.264 e. The van der Waals surface area contributed by atoms with Crippen molar-refractivity contribution >= 4 is 0 Å². The minimum absolute atomic E-state index is 0.341. The Morgan fingerprint density at radius 1 is 0.952 bits per heavy atom. The van der Waals surface area contributed by atoms with Gasteiger partial charge in [0.15, 0.2) is 0 Å². The summed E-state index contributed by atoms with van der Waals surface area (Å²) in [5, 5.41) is 8.87. The molecule has 3 aromatic rings. The molecule has 21 heavy (non-hydrogen) atoms. The second-order valence-corrected chi connectivity index (χ2v) is 4.56. The van der Waals surface area contributed by atoms with E-state index in [4.69, 9.17) is 5.26 Å². The number of aromatic nitrogens is 3. The van der Waals surface area contributed by atoms with Crippen molar-refractivity contribution < 1.29 is 0 Å². The smallest absolute Gasteiger partial charge is 0.0796 e. The fraction of sp³-hybridized carbons (Fsp3) is 0.0588. The van der Waals surface area contributed by atoms with E-state index < -0.39 is 0 Å². The van der Waals surface area contributed by atoms with Crippen LogP contribution < -0.4 is 0 Å². The van der Waals surface area contributed by atoms with Gasteiger partial charge in [0.25, 0.3) is 0 Å². The van der Waals surface area contributed by atoms with E-state index >= 15 is 0 Å². The van der Waals surface area contributed by atoms with Crippen LogP contribution in [0.1, 0.15) is 5.56 Å². The van der Waals surface area contributed by atoms with E-state index in [1.165, 1.54) is 0 Å². The zero-order chi connectivity index (χ0) is 14.5. The lowest BCUT2D eigenvalue weighted by atomic mass is 9.99. The summed E-state index contributed by atoms with van der Waals surface area (Å²) in [5.41, 5.74) is 4.62. The zero-order valence-corrected chi connectivity index (χ0v) is 11.3. The summed E-state index contributed by atoms with van der Waals surface area (Å²) in [6.45, 7) is 0. The molecule has 0 fully saturated rings. The first-order chi connectivity index (χ1) is 10.4. The van der Waals surface area contributed by atoms with Crippen molar-refractivity contribution in [2.75, 3.05) is 0 Å². The number of nitrogens with zero attached hydrogens (tertiary/aromatic N) is 4. The molecule has 100 valence electrons. The molecule has 4 heteroatoms. The number of nitriles is 1. The first-order valence-electron chi connectivity index (χ1n) is 6.55. The molecule has 0 saturated carbocycles. The van der Waals surface area contributed by atoms with Gasteiger partial charge in [0.05, 0.1) is 18.2 Å². The van der Waals surface area contributed by atoms with Crippen LogP contribution in [-0.4, -0.2) is 15.0 Å². The lowest BCUT2D eigenvalue weighted by molar-refractivity contribution is 1.19. The van der Waals surface area contributed by atoms with Crippen LogP contribution in [0.2, 0.25) is 0 Å². The van der Waals surface area contributed by atoms with E-state index in [2.05, 4.69) is 21.0 Å². The van der Waals surface area contributed by atoms with Crippen LogP contribution in [0.5, 0.6) is 0 Å². The van der Waals surface area contributed by atoms with E-state index in [-0.39, 0.29) is 0 Å². The number of pyridine rings is 3. The third-order valence-corrected chi connectivity index (χ3v) is 3.14. The zero-order valence-electron chi connectivity index (χ0n) is 11.3. The molecular weight excluding hydrogens is 260 g/mol. The third-order valence-electron chi connectivity index (χ3n) is 3.14. The number of rotatable bonds is 3. The van der Waals surface area contributed by atoms with E-state index in [0.29, 0.717) is 6.42 Å². The Morgan fingerprint density at radius 3 is 2.29 bits per heavy atom. The van der Waals surface area contributed by atoms with E-state index in [1.807, 2.05) is 30.3 Å². The Labute approximate surface area is 122 Å². The summed E-state index contributed by atoms with van der Waals surface area (Å²) in [4.78, 5) is 12.8. The highest BCUT2D eigenvalue weighted by Gasteiger charge is 2.10. The average Bonchev–Trinajstić information content (AvgIpc) is 2.57. The molecule has 0 N–H and O–H groups in total. The minimum atomic E-state index is 0.341. The maximum absolute atomic E-state index is 8.87. The van der Waals surface area contributed by atoms with Gasteiger partial charge in [0, 0.05) is 47.7 Å². The standard InChI is InChI=1S/C17H12N4/c18-6-5-13-9-16(14-3-1-7-19-11-14)17(21-10-13)15-4-2-8-20-12-15/h1-4,7-12H,5H2. The third kappa shape index (κ3) is 2.77. The van der Waals surface area contributed by atoms with Gasteiger partial charge < -0.3 is 0 Å². The molecule has 0 aliphatic rings. The summed E-state index contributed by atoms with van der Waals surface area (Å²) in [5.74, 6) is 0. The Hall–Kier alpha value is -3.06. The number of hydrogen-bond acceptors (Lipinski definition) is 4. The minimum Gasteiger partial charge on any atom is -0.264 e. The van der Waals surface area contributed by atoms with Crippen LogP contribution in [0.4, 0.5) is 0 Å². The molecule has 0 spiro atoms. The van der Waals surface area contributed by atoms with Crippen molar-refractivity contribution in [1.82, 2.24) is 15.0 Å². The molecule has 3 rings (SSSR count). The van der Waals surface area contributed by atoms with Crippen molar-refractivity contribution in [2.24, 2.45) is 0 Å². The SMILES string of the molecule is N#CCc1cnc(-c2cccnc2)c(-c2cccnc2)c1. The van der Waals surface area contributed by atoms with Crippen molar-refractivity contribution in [3.05, 3.63) is 66.9 Å². The molecular formula is C17H12N4. The molecule has 0 aliphatic heterocycles. The second kappa shape index (κ2) is 5.93. The van der Waals surface area contributed by atoms with Crippen molar-refractivity contribution in [3.8, 4) is 28.5 Å². The Balaban J connectivity index is 2.18. The lowest BCUT2D eigenvalue weighted by Crippen LogP contribution is -1.94. The topological polar surface area (TPSA) is 62.5 Å². The predicted molar refractivity (Wildman–Crippen MR) is 80.0 cm³/mol. The van der Waals surface area contributed by atoms with Gasteiger partial charge in [0.2, 0.25) is 0 Å². The van der Waals surface area contributed by atoms with Gasteiger partial charge in [-0.2, -0.15) is 5.26 Å². The second-order valence-electron chi connectivity index (χ2n) is 4.56. The molecule has 3 aromatic heterocycles. The van der Waals surface area contributed by atoms with Gasteiger partial charge in [-0.15, -0.1) is 0 Å². The highest BCUT2D eigenvalue weighted by molar-refractivity contribution is 5.80. The molecule has 0 amide bonds.